The summed E-state index contributed by atoms with van der Waals surface area (Å²) in [7, 11) is 0. The highest BCUT2D eigenvalue weighted by Gasteiger charge is 2.33. The third-order valence-corrected chi connectivity index (χ3v) is 2.33. The molecule has 3 heteroatoms. The summed E-state index contributed by atoms with van der Waals surface area (Å²) < 4.78 is 5.16. The van der Waals surface area contributed by atoms with Crippen LogP contribution in [0, 0.1) is 0 Å². The van der Waals surface area contributed by atoms with E-state index in [1.54, 1.807) is 0 Å². The fourth-order valence-electron chi connectivity index (χ4n) is 1.33. The van der Waals surface area contributed by atoms with Gasteiger partial charge in [0.25, 0.3) is 0 Å². The van der Waals surface area contributed by atoms with Crippen molar-refractivity contribution >= 4 is 0 Å². The van der Waals surface area contributed by atoms with Crippen LogP contribution in [0.15, 0.2) is 0 Å². The van der Waals surface area contributed by atoms with Crippen molar-refractivity contribution in [3.8, 4) is 0 Å². The fraction of sp³-hybridized carbons (Fsp3) is 1.00. The Morgan fingerprint density at radius 3 is 2.50 bits per heavy atom. The van der Waals surface area contributed by atoms with E-state index in [0.29, 0.717) is 0 Å². The van der Waals surface area contributed by atoms with Crippen molar-refractivity contribution in [2.75, 3.05) is 19.7 Å². The van der Waals surface area contributed by atoms with E-state index in [9.17, 15) is 5.11 Å². The van der Waals surface area contributed by atoms with Gasteiger partial charge in [-0.2, -0.15) is 0 Å². The van der Waals surface area contributed by atoms with Gasteiger partial charge in [-0.3, -0.25) is 4.90 Å². The van der Waals surface area contributed by atoms with Gasteiger partial charge in [-0.1, -0.05) is 0 Å². The van der Waals surface area contributed by atoms with Crippen LogP contribution in [0.25, 0.3) is 0 Å². The minimum absolute atomic E-state index is 0.111. The molecule has 0 saturated carbocycles. The number of nitrogens with zero attached hydrogens (tertiary/aromatic N) is 1. The molecule has 3 nitrogen and oxygen atoms in total. The lowest BCUT2D eigenvalue weighted by atomic mass is 10.1. The highest BCUT2D eigenvalue weighted by Crippen LogP contribution is 2.21. The van der Waals surface area contributed by atoms with Gasteiger partial charge in [0.2, 0.25) is 0 Å². The van der Waals surface area contributed by atoms with Crippen molar-refractivity contribution in [1.82, 2.24) is 4.90 Å². The van der Waals surface area contributed by atoms with Crippen LogP contribution >= 0.6 is 0 Å². The number of aliphatic hydroxyl groups excluding tert-OH is 1. The monoisotopic (exact) mass is 143 g/mol. The van der Waals surface area contributed by atoms with Gasteiger partial charge in [0.1, 0.15) is 6.23 Å². The molecule has 2 aliphatic rings. The maximum atomic E-state index is 9.49. The first-order valence-electron chi connectivity index (χ1n) is 3.91. The third-order valence-electron chi connectivity index (χ3n) is 2.33. The van der Waals surface area contributed by atoms with Gasteiger partial charge in [0.05, 0.1) is 6.10 Å². The summed E-state index contributed by atoms with van der Waals surface area (Å²) in [6.07, 6.45) is 2.05. The van der Waals surface area contributed by atoms with Crippen LogP contribution in [-0.2, 0) is 4.74 Å². The van der Waals surface area contributed by atoms with Crippen molar-refractivity contribution in [2.45, 2.75) is 25.2 Å². The first-order valence-corrected chi connectivity index (χ1v) is 3.91. The second kappa shape index (κ2) is 2.49. The smallest absolute Gasteiger partial charge is 0.133 e. The van der Waals surface area contributed by atoms with E-state index in [2.05, 4.69) is 4.90 Å². The molecule has 0 aromatic heterocycles. The first kappa shape index (κ1) is 6.58. The molecular formula is C7H13NO2. The summed E-state index contributed by atoms with van der Waals surface area (Å²) in [5.74, 6) is 0. The number of rotatable bonds is 2. The van der Waals surface area contributed by atoms with Crippen LogP contribution in [-0.4, -0.2) is 42.0 Å². The molecule has 2 rings (SSSR count). The van der Waals surface area contributed by atoms with Gasteiger partial charge in [-0.25, -0.2) is 0 Å². The molecule has 0 aliphatic carbocycles. The molecule has 1 N–H and O–H groups in total. The van der Waals surface area contributed by atoms with Crippen LogP contribution in [0.3, 0.4) is 0 Å². The lowest BCUT2D eigenvalue weighted by Gasteiger charge is -2.42. The van der Waals surface area contributed by atoms with Crippen molar-refractivity contribution in [3.63, 3.8) is 0 Å². The molecule has 2 heterocycles. The molecule has 58 valence electrons. The quantitative estimate of drug-likeness (QED) is 0.581. The Labute approximate surface area is 60.6 Å². The Morgan fingerprint density at radius 1 is 1.50 bits per heavy atom. The lowest BCUT2D eigenvalue weighted by molar-refractivity contribution is -0.180. The van der Waals surface area contributed by atoms with Crippen molar-refractivity contribution in [3.05, 3.63) is 0 Å². The van der Waals surface area contributed by atoms with Gasteiger partial charge in [-0.15, -0.1) is 0 Å². The number of hydrogen-bond acceptors (Lipinski definition) is 3. The predicted molar refractivity (Wildman–Crippen MR) is 36.6 cm³/mol. The van der Waals surface area contributed by atoms with E-state index in [1.807, 2.05) is 0 Å². The SMILES string of the molecule is OC(C1CCO1)N1CCC1. The number of likely N-dealkylation sites (tertiary alicyclic amines) is 1. The summed E-state index contributed by atoms with van der Waals surface area (Å²) in [5.41, 5.74) is 0. The van der Waals surface area contributed by atoms with E-state index in [-0.39, 0.29) is 12.3 Å². The molecule has 0 amide bonds. The summed E-state index contributed by atoms with van der Waals surface area (Å²) >= 11 is 0. The minimum atomic E-state index is -0.317. The summed E-state index contributed by atoms with van der Waals surface area (Å²) in [6, 6.07) is 0. The Bertz CT molecular complexity index is 107. The maximum absolute atomic E-state index is 9.49. The molecule has 0 radical (unpaired) electrons. The second-order valence-electron chi connectivity index (χ2n) is 3.00. The highest BCUT2D eigenvalue weighted by molar-refractivity contribution is 4.80. The topological polar surface area (TPSA) is 32.7 Å². The van der Waals surface area contributed by atoms with Crippen LogP contribution in [0.1, 0.15) is 12.8 Å². The molecule has 2 aliphatic heterocycles. The Morgan fingerprint density at radius 2 is 2.20 bits per heavy atom. The molecule has 2 unspecified atom stereocenters. The Balaban J connectivity index is 1.79. The normalized spacial score (nSPS) is 36.3. The zero-order valence-electron chi connectivity index (χ0n) is 5.99. The van der Waals surface area contributed by atoms with Gasteiger partial charge in [-0.05, 0) is 6.42 Å². The van der Waals surface area contributed by atoms with Gasteiger partial charge in [0.15, 0.2) is 0 Å². The molecule has 0 aromatic rings. The van der Waals surface area contributed by atoms with E-state index in [1.165, 1.54) is 6.42 Å². The largest absolute Gasteiger partial charge is 0.376 e. The average Bonchev–Trinajstić information content (AvgIpc) is 1.52. The Hall–Kier alpha value is -0.120. The number of ether oxygens (including phenoxy) is 1. The molecule has 2 atom stereocenters. The molecular weight excluding hydrogens is 130 g/mol. The molecule has 10 heavy (non-hydrogen) atoms. The first-order chi connectivity index (χ1) is 4.88. The zero-order valence-corrected chi connectivity index (χ0v) is 5.99. The van der Waals surface area contributed by atoms with Crippen molar-refractivity contribution in [1.29, 1.82) is 0 Å². The third kappa shape index (κ3) is 0.944. The molecule has 2 fully saturated rings. The van der Waals surface area contributed by atoms with Gasteiger partial charge in [0, 0.05) is 26.1 Å². The lowest BCUT2D eigenvalue weighted by Crippen LogP contribution is -2.54. The highest BCUT2D eigenvalue weighted by atomic mass is 16.5. The van der Waals surface area contributed by atoms with Crippen molar-refractivity contribution < 1.29 is 9.84 Å². The molecule has 0 bridgehead atoms. The minimum Gasteiger partial charge on any atom is -0.376 e. The predicted octanol–water partition coefficient (Wildman–Crippen LogP) is -0.201. The molecule has 2 saturated heterocycles. The number of hydrogen-bond donors (Lipinski definition) is 1. The standard InChI is InChI=1S/C7H13NO2/c9-7(6-2-5-10-6)8-3-1-4-8/h6-7,9H,1-5H2. The summed E-state index contributed by atoms with van der Waals surface area (Å²) in [4.78, 5) is 2.06. The number of aliphatic hydroxyl groups is 1. The van der Waals surface area contributed by atoms with Crippen LogP contribution in [0.5, 0.6) is 0 Å². The average molecular weight is 143 g/mol. The van der Waals surface area contributed by atoms with Crippen LogP contribution in [0.2, 0.25) is 0 Å². The molecule has 0 spiro atoms. The maximum Gasteiger partial charge on any atom is 0.133 e. The van der Waals surface area contributed by atoms with Gasteiger partial charge >= 0.3 is 0 Å². The van der Waals surface area contributed by atoms with E-state index >= 15 is 0 Å². The summed E-state index contributed by atoms with van der Waals surface area (Å²) in [5, 5.41) is 9.49. The second-order valence-corrected chi connectivity index (χ2v) is 3.00. The Kier molecular flexibility index (Phi) is 1.64. The van der Waals surface area contributed by atoms with Crippen molar-refractivity contribution in [2.24, 2.45) is 0 Å². The van der Waals surface area contributed by atoms with E-state index < -0.39 is 0 Å². The zero-order chi connectivity index (χ0) is 6.97. The van der Waals surface area contributed by atoms with E-state index in [4.69, 9.17) is 4.74 Å². The van der Waals surface area contributed by atoms with Crippen LogP contribution in [0.4, 0.5) is 0 Å². The van der Waals surface area contributed by atoms with Crippen LogP contribution < -0.4 is 0 Å². The van der Waals surface area contributed by atoms with Gasteiger partial charge < -0.3 is 9.84 Å². The summed E-state index contributed by atoms with van der Waals surface area (Å²) in [6.45, 7) is 2.91. The fourth-order valence-corrected chi connectivity index (χ4v) is 1.33. The van der Waals surface area contributed by atoms with E-state index in [0.717, 1.165) is 26.1 Å². The molecule has 0 aromatic carbocycles.